The van der Waals surface area contributed by atoms with Gasteiger partial charge < -0.3 is 10.0 Å². The van der Waals surface area contributed by atoms with Crippen LogP contribution in [0.1, 0.15) is 24.8 Å². The van der Waals surface area contributed by atoms with Crippen molar-refractivity contribution in [2.75, 3.05) is 0 Å². The molecule has 0 atom stereocenters. The van der Waals surface area contributed by atoms with Crippen molar-refractivity contribution in [2.45, 2.75) is 25.8 Å². The van der Waals surface area contributed by atoms with Crippen LogP contribution in [-0.2, 0) is 11.3 Å². The summed E-state index contributed by atoms with van der Waals surface area (Å²) in [4.78, 5) is 13.7. The first-order valence-corrected chi connectivity index (χ1v) is 7.31. The largest absolute Gasteiger partial charge is 0.481 e. The van der Waals surface area contributed by atoms with Gasteiger partial charge in [0, 0.05) is 18.9 Å². The zero-order valence-electron chi connectivity index (χ0n) is 11.9. The molecule has 2 aliphatic rings. The molecule has 0 unspecified atom stereocenters. The van der Waals surface area contributed by atoms with Gasteiger partial charge in [-0.3, -0.25) is 4.79 Å². The second-order valence-corrected chi connectivity index (χ2v) is 5.68. The first kappa shape index (κ1) is 13.7. The lowest BCUT2D eigenvalue weighted by Gasteiger charge is -2.39. The highest BCUT2D eigenvalue weighted by Crippen LogP contribution is 2.48. The third kappa shape index (κ3) is 2.64. The summed E-state index contributed by atoms with van der Waals surface area (Å²) < 4.78 is 0. The van der Waals surface area contributed by atoms with Crippen molar-refractivity contribution in [2.24, 2.45) is 5.41 Å². The number of carboxylic acid groups (broad SMARTS) is 1. The first-order valence-electron chi connectivity index (χ1n) is 7.31. The number of hydrogen-bond donors (Lipinski definition) is 1. The standard InChI is InChI=1S/C18H19NO2/c20-17(21)18(10-6-11-18)16-9-4-5-12-19(14-16)13-15-7-2-1-3-8-15/h1-5,7-9,12,14H,6,10-11,13H2,(H,20,21). The second-order valence-electron chi connectivity index (χ2n) is 5.68. The number of allylic oxidation sites excluding steroid dienone is 3. The van der Waals surface area contributed by atoms with Crippen LogP contribution in [0.15, 0.2) is 66.5 Å². The van der Waals surface area contributed by atoms with E-state index in [2.05, 4.69) is 17.0 Å². The minimum atomic E-state index is -0.703. The summed E-state index contributed by atoms with van der Waals surface area (Å²) >= 11 is 0. The van der Waals surface area contributed by atoms with Gasteiger partial charge in [0.2, 0.25) is 0 Å². The van der Waals surface area contributed by atoms with Gasteiger partial charge >= 0.3 is 5.97 Å². The minimum Gasteiger partial charge on any atom is -0.481 e. The third-order valence-corrected chi connectivity index (χ3v) is 4.35. The topological polar surface area (TPSA) is 40.5 Å². The molecule has 1 aromatic rings. The zero-order valence-corrected chi connectivity index (χ0v) is 11.9. The van der Waals surface area contributed by atoms with Crippen LogP contribution in [0.5, 0.6) is 0 Å². The highest BCUT2D eigenvalue weighted by Gasteiger charge is 2.46. The highest BCUT2D eigenvalue weighted by molar-refractivity contribution is 5.81. The van der Waals surface area contributed by atoms with Crippen LogP contribution in [0.4, 0.5) is 0 Å². The van der Waals surface area contributed by atoms with Gasteiger partial charge in [-0.05, 0) is 30.1 Å². The average Bonchev–Trinajstić information content (AvgIpc) is 2.64. The number of carboxylic acids is 1. The van der Waals surface area contributed by atoms with Gasteiger partial charge in [0.15, 0.2) is 0 Å². The van der Waals surface area contributed by atoms with E-state index in [-0.39, 0.29) is 0 Å². The number of carbonyl (C=O) groups is 1. The van der Waals surface area contributed by atoms with Crippen LogP contribution < -0.4 is 0 Å². The maximum absolute atomic E-state index is 11.7. The Morgan fingerprint density at radius 1 is 1.19 bits per heavy atom. The molecule has 0 bridgehead atoms. The molecule has 1 aliphatic carbocycles. The van der Waals surface area contributed by atoms with Gasteiger partial charge in [-0.15, -0.1) is 0 Å². The van der Waals surface area contributed by atoms with Gasteiger partial charge in [0.05, 0.1) is 5.41 Å². The molecule has 3 heteroatoms. The van der Waals surface area contributed by atoms with Crippen LogP contribution in [0, 0.1) is 5.41 Å². The average molecular weight is 281 g/mol. The molecule has 0 saturated heterocycles. The zero-order chi connectivity index (χ0) is 14.7. The molecule has 3 rings (SSSR count). The maximum atomic E-state index is 11.7. The molecule has 0 aromatic heterocycles. The summed E-state index contributed by atoms with van der Waals surface area (Å²) in [5.74, 6) is -0.703. The van der Waals surface area contributed by atoms with Crippen molar-refractivity contribution in [3.8, 4) is 0 Å². The predicted octanol–water partition coefficient (Wildman–Crippen LogP) is 3.71. The van der Waals surface area contributed by atoms with E-state index >= 15 is 0 Å². The van der Waals surface area contributed by atoms with Crippen LogP contribution in [0.25, 0.3) is 0 Å². The van der Waals surface area contributed by atoms with E-state index in [4.69, 9.17) is 0 Å². The molecule has 0 radical (unpaired) electrons. The Balaban J connectivity index is 1.85. The fraction of sp³-hybridized carbons (Fsp3) is 0.278. The Labute approximate surface area is 124 Å². The summed E-state index contributed by atoms with van der Waals surface area (Å²) in [6.07, 6.45) is 12.3. The van der Waals surface area contributed by atoms with Gasteiger partial charge in [0.1, 0.15) is 0 Å². The summed E-state index contributed by atoms with van der Waals surface area (Å²) in [7, 11) is 0. The fourth-order valence-corrected chi connectivity index (χ4v) is 2.92. The van der Waals surface area contributed by atoms with Gasteiger partial charge in [-0.25, -0.2) is 0 Å². The van der Waals surface area contributed by atoms with Gasteiger partial charge in [-0.2, -0.15) is 0 Å². The molecule has 1 N–H and O–H groups in total. The Morgan fingerprint density at radius 3 is 2.57 bits per heavy atom. The summed E-state index contributed by atoms with van der Waals surface area (Å²) in [6, 6.07) is 10.2. The van der Waals surface area contributed by atoms with Gasteiger partial charge in [0.25, 0.3) is 0 Å². The lowest BCUT2D eigenvalue weighted by Crippen LogP contribution is -2.39. The fourth-order valence-electron chi connectivity index (χ4n) is 2.92. The number of nitrogens with zero attached hydrogens (tertiary/aromatic N) is 1. The molecule has 21 heavy (non-hydrogen) atoms. The second kappa shape index (κ2) is 5.60. The minimum absolute atomic E-state index is 0.683. The molecule has 1 heterocycles. The first-order chi connectivity index (χ1) is 10.2. The molecule has 1 saturated carbocycles. The maximum Gasteiger partial charge on any atom is 0.314 e. The summed E-state index contributed by atoms with van der Waals surface area (Å²) in [6.45, 7) is 0.748. The van der Waals surface area contributed by atoms with Crippen molar-refractivity contribution >= 4 is 5.97 Å². The number of benzene rings is 1. The lowest BCUT2D eigenvalue weighted by atomic mass is 9.64. The van der Waals surface area contributed by atoms with E-state index in [1.54, 1.807) is 0 Å². The molecular weight excluding hydrogens is 262 g/mol. The molecule has 0 amide bonds. The summed E-state index contributed by atoms with van der Waals surface area (Å²) in [5, 5.41) is 9.59. The summed E-state index contributed by atoms with van der Waals surface area (Å²) in [5.41, 5.74) is 1.43. The Morgan fingerprint density at radius 2 is 1.95 bits per heavy atom. The van der Waals surface area contributed by atoms with Crippen LogP contribution in [0.3, 0.4) is 0 Å². The SMILES string of the molecule is O=C(O)C1(C2=CN(Cc3ccccc3)C=CC=C2)CCC1. The Hall–Kier alpha value is -2.29. The molecule has 1 fully saturated rings. The van der Waals surface area contributed by atoms with Crippen molar-refractivity contribution in [1.82, 2.24) is 4.90 Å². The van der Waals surface area contributed by atoms with E-state index in [1.807, 2.05) is 48.8 Å². The number of rotatable bonds is 4. The van der Waals surface area contributed by atoms with Crippen LogP contribution in [-0.4, -0.2) is 16.0 Å². The Bertz CT molecular complexity index is 609. The van der Waals surface area contributed by atoms with Crippen molar-refractivity contribution in [3.63, 3.8) is 0 Å². The van der Waals surface area contributed by atoms with E-state index < -0.39 is 11.4 Å². The monoisotopic (exact) mass is 281 g/mol. The van der Waals surface area contributed by atoms with Crippen molar-refractivity contribution in [3.05, 3.63) is 72.1 Å². The van der Waals surface area contributed by atoms with Crippen LogP contribution >= 0.6 is 0 Å². The molecule has 1 aliphatic heterocycles. The van der Waals surface area contributed by atoms with E-state index in [0.29, 0.717) is 0 Å². The molecule has 0 spiro atoms. The van der Waals surface area contributed by atoms with Crippen LogP contribution in [0.2, 0.25) is 0 Å². The quantitative estimate of drug-likeness (QED) is 0.914. The molecule has 108 valence electrons. The third-order valence-electron chi connectivity index (χ3n) is 4.35. The molecule has 1 aromatic carbocycles. The van der Waals surface area contributed by atoms with Crippen molar-refractivity contribution < 1.29 is 9.90 Å². The normalized spacial score (nSPS) is 19.6. The number of aliphatic carboxylic acids is 1. The predicted molar refractivity (Wildman–Crippen MR) is 82.3 cm³/mol. The smallest absolute Gasteiger partial charge is 0.314 e. The Kier molecular flexibility index (Phi) is 3.65. The lowest BCUT2D eigenvalue weighted by molar-refractivity contribution is -0.150. The molecular formula is C18H19NO2. The van der Waals surface area contributed by atoms with E-state index in [0.717, 1.165) is 31.4 Å². The number of hydrogen-bond acceptors (Lipinski definition) is 2. The highest BCUT2D eigenvalue weighted by atomic mass is 16.4. The van der Waals surface area contributed by atoms with Crippen molar-refractivity contribution in [1.29, 1.82) is 0 Å². The van der Waals surface area contributed by atoms with Gasteiger partial charge in [-0.1, -0.05) is 48.9 Å². The molecule has 3 nitrogen and oxygen atoms in total. The van der Waals surface area contributed by atoms with E-state index in [9.17, 15) is 9.90 Å². The van der Waals surface area contributed by atoms with E-state index in [1.165, 1.54) is 5.56 Å².